The molecule has 28 heavy (non-hydrogen) atoms. The van der Waals surface area contributed by atoms with Crippen molar-refractivity contribution in [3.05, 3.63) is 78.0 Å². The minimum absolute atomic E-state index is 0.0294. The van der Waals surface area contributed by atoms with Gasteiger partial charge in [-0.1, -0.05) is 45.0 Å². The van der Waals surface area contributed by atoms with Crippen molar-refractivity contribution >= 4 is 23.1 Å². The van der Waals surface area contributed by atoms with Crippen molar-refractivity contribution in [2.24, 2.45) is 0 Å². The lowest BCUT2D eigenvalue weighted by Gasteiger charge is -2.23. The number of methoxy groups -OCH3 is 1. The van der Waals surface area contributed by atoms with Crippen LogP contribution in [0.2, 0.25) is 0 Å². The van der Waals surface area contributed by atoms with Gasteiger partial charge < -0.3 is 15.4 Å². The van der Waals surface area contributed by atoms with Crippen LogP contribution in [0.4, 0.5) is 17.2 Å². The quantitative estimate of drug-likeness (QED) is 0.628. The summed E-state index contributed by atoms with van der Waals surface area (Å²) in [6.45, 7) is 6.55. The summed E-state index contributed by atoms with van der Waals surface area (Å²) in [4.78, 5) is 16.7. The normalized spacial score (nSPS) is 11.0. The van der Waals surface area contributed by atoms with Gasteiger partial charge in [0.05, 0.1) is 19.0 Å². The first kappa shape index (κ1) is 19.4. The molecule has 5 nitrogen and oxygen atoms in total. The number of carbonyl (C=O) groups excluding carboxylic acids is 1. The molecular formula is C23H25N3O2. The van der Waals surface area contributed by atoms with Crippen molar-refractivity contribution in [3.8, 4) is 5.75 Å². The number of anilines is 3. The topological polar surface area (TPSA) is 63.2 Å². The minimum Gasteiger partial charge on any atom is -0.497 e. The number of nitrogens with zero attached hydrogens (tertiary/aromatic N) is 1. The van der Waals surface area contributed by atoms with Crippen LogP contribution in [0.15, 0.2) is 66.9 Å². The molecule has 0 aliphatic rings. The van der Waals surface area contributed by atoms with Gasteiger partial charge in [-0.2, -0.15) is 0 Å². The highest BCUT2D eigenvalue weighted by Gasteiger charge is 2.17. The highest BCUT2D eigenvalue weighted by atomic mass is 16.5. The average Bonchev–Trinajstić information content (AvgIpc) is 2.69. The van der Waals surface area contributed by atoms with Gasteiger partial charge in [0, 0.05) is 11.3 Å². The molecule has 0 saturated carbocycles. The number of hydrogen-bond donors (Lipinski definition) is 2. The lowest BCUT2D eigenvalue weighted by Crippen LogP contribution is -2.14. The summed E-state index contributed by atoms with van der Waals surface area (Å²) in [6, 6.07) is 18.9. The van der Waals surface area contributed by atoms with Crippen molar-refractivity contribution in [2.75, 3.05) is 17.7 Å². The predicted molar refractivity (Wildman–Crippen MR) is 114 cm³/mol. The third-order valence-corrected chi connectivity index (χ3v) is 4.35. The zero-order valence-corrected chi connectivity index (χ0v) is 16.6. The van der Waals surface area contributed by atoms with Crippen molar-refractivity contribution in [2.45, 2.75) is 26.2 Å². The number of pyridine rings is 1. The van der Waals surface area contributed by atoms with E-state index in [2.05, 4.69) is 48.5 Å². The molecule has 0 spiro atoms. The summed E-state index contributed by atoms with van der Waals surface area (Å²) >= 11 is 0. The minimum atomic E-state index is -0.231. The molecular weight excluding hydrogens is 350 g/mol. The molecule has 3 rings (SSSR count). The Balaban J connectivity index is 1.71. The summed E-state index contributed by atoms with van der Waals surface area (Å²) in [7, 11) is 1.57. The number of para-hydroxylation sites is 1. The van der Waals surface area contributed by atoms with E-state index in [9.17, 15) is 4.79 Å². The SMILES string of the molecule is COc1cccc(C(=O)Nc2ccc(Nc3ccccc3C(C)(C)C)cn2)c1. The third-order valence-electron chi connectivity index (χ3n) is 4.35. The van der Waals surface area contributed by atoms with E-state index in [1.807, 2.05) is 18.2 Å². The van der Waals surface area contributed by atoms with Crippen LogP contribution in [0.3, 0.4) is 0 Å². The number of hydrogen-bond acceptors (Lipinski definition) is 4. The molecule has 3 aromatic rings. The van der Waals surface area contributed by atoms with Crippen LogP contribution in [-0.2, 0) is 5.41 Å². The smallest absolute Gasteiger partial charge is 0.256 e. The fourth-order valence-corrected chi connectivity index (χ4v) is 2.90. The van der Waals surface area contributed by atoms with Crippen LogP contribution in [0.25, 0.3) is 0 Å². The van der Waals surface area contributed by atoms with Gasteiger partial charge in [0.15, 0.2) is 0 Å². The van der Waals surface area contributed by atoms with Crippen molar-refractivity contribution < 1.29 is 9.53 Å². The largest absolute Gasteiger partial charge is 0.497 e. The Kier molecular flexibility index (Phi) is 5.64. The summed E-state index contributed by atoms with van der Waals surface area (Å²) < 4.78 is 5.16. The summed E-state index contributed by atoms with van der Waals surface area (Å²) in [5, 5.41) is 6.22. The summed E-state index contributed by atoms with van der Waals surface area (Å²) in [6.07, 6.45) is 1.71. The molecule has 0 aliphatic carbocycles. The van der Waals surface area contributed by atoms with Crippen molar-refractivity contribution in [1.82, 2.24) is 4.98 Å². The Morgan fingerprint density at radius 2 is 1.79 bits per heavy atom. The maximum atomic E-state index is 12.4. The lowest BCUT2D eigenvalue weighted by atomic mass is 9.86. The van der Waals surface area contributed by atoms with Gasteiger partial charge in [-0.25, -0.2) is 4.98 Å². The fourth-order valence-electron chi connectivity index (χ4n) is 2.90. The number of carbonyl (C=O) groups is 1. The van der Waals surface area contributed by atoms with Gasteiger partial charge in [-0.05, 0) is 47.4 Å². The second kappa shape index (κ2) is 8.13. The maximum Gasteiger partial charge on any atom is 0.256 e. The van der Waals surface area contributed by atoms with Crippen molar-refractivity contribution in [1.29, 1.82) is 0 Å². The van der Waals surface area contributed by atoms with E-state index >= 15 is 0 Å². The Hall–Kier alpha value is -3.34. The zero-order valence-electron chi connectivity index (χ0n) is 16.6. The molecule has 1 amide bonds. The molecule has 1 heterocycles. The van der Waals surface area contributed by atoms with Gasteiger partial charge in [-0.3, -0.25) is 4.79 Å². The van der Waals surface area contributed by atoms with Gasteiger partial charge in [0.2, 0.25) is 0 Å². The zero-order chi connectivity index (χ0) is 20.1. The van der Waals surface area contributed by atoms with Crippen LogP contribution in [0, 0.1) is 0 Å². The number of rotatable bonds is 5. The van der Waals surface area contributed by atoms with Crippen LogP contribution in [-0.4, -0.2) is 18.0 Å². The van der Waals surface area contributed by atoms with Crippen molar-refractivity contribution in [3.63, 3.8) is 0 Å². The molecule has 0 fully saturated rings. The number of nitrogens with one attached hydrogen (secondary N) is 2. The maximum absolute atomic E-state index is 12.4. The number of amides is 1. The Labute approximate surface area is 165 Å². The van der Waals surface area contributed by atoms with Gasteiger partial charge in [0.25, 0.3) is 5.91 Å². The fraction of sp³-hybridized carbons (Fsp3) is 0.217. The Morgan fingerprint density at radius 3 is 2.46 bits per heavy atom. The van der Waals surface area contributed by atoms with Crippen LogP contribution >= 0.6 is 0 Å². The van der Waals surface area contributed by atoms with E-state index in [4.69, 9.17) is 4.74 Å². The molecule has 0 atom stereocenters. The first-order valence-corrected chi connectivity index (χ1v) is 9.15. The predicted octanol–water partition coefficient (Wildman–Crippen LogP) is 5.38. The lowest BCUT2D eigenvalue weighted by molar-refractivity contribution is 0.102. The molecule has 2 aromatic carbocycles. The second-order valence-corrected chi connectivity index (χ2v) is 7.54. The molecule has 0 bridgehead atoms. The van der Waals surface area contributed by atoms with E-state index in [0.717, 1.165) is 11.4 Å². The van der Waals surface area contributed by atoms with Gasteiger partial charge in [-0.15, -0.1) is 0 Å². The van der Waals surface area contributed by atoms with Gasteiger partial charge >= 0.3 is 0 Å². The molecule has 0 saturated heterocycles. The summed E-state index contributed by atoms with van der Waals surface area (Å²) in [5.41, 5.74) is 3.68. The van der Waals surface area contributed by atoms with Crippen LogP contribution < -0.4 is 15.4 Å². The van der Waals surface area contributed by atoms with Gasteiger partial charge in [0.1, 0.15) is 11.6 Å². The molecule has 144 valence electrons. The second-order valence-electron chi connectivity index (χ2n) is 7.54. The molecule has 2 N–H and O–H groups in total. The molecule has 5 heteroatoms. The molecule has 1 aromatic heterocycles. The number of ether oxygens (including phenoxy) is 1. The third kappa shape index (κ3) is 4.68. The van der Waals surface area contributed by atoms with E-state index in [-0.39, 0.29) is 11.3 Å². The highest BCUT2D eigenvalue weighted by Crippen LogP contribution is 2.31. The van der Waals surface area contributed by atoms with E-state index < -0.39 is 0 Å². The number of aromatic nitrogens is 1. The van der Waals surface area contributed by atoms with Crippen LogP contribution in [0.5, 0.6) is 5.75 Å². The molecule has 0 aliphatic heterocycles. The first-order chi connectivity index (χ1) is 13.4. The average molecular weight is 375 g/mol. The van der Waals surface area contributed by atoms with E-state index in [1.54, 1.807) is 43.6 Å². The summed E-state index contributed by atoms with van der Waals surface area (Å²) in [5.74, 6) is 0.894. The Bertz CT molecular complexity index is 960. The van der Waals surface area contributed by atoms with Crippen LogP contribution in [0.1, 0.15) is 36.7 Å². The highest BCUT2D eigenvalue weighted by molar-refractivity contribution is 6.04. The first-order valence-electron chi connectivity index (χ1n) is 9.15. The monoisotopic (exact) mass is 375 g/mol. The molecule has 0 unspecified atom stereocenters. The van der Waals surface area contributed by atoms with E-state index in [0.29, 0.717) is 17.1 Å². The Morgan fingerprint density at radius 1 is 1.00 bits per heavy atom. The standard InChI is InChI=1S/C23H25N3O2/c1-23(2,3)19-10-5-6-11-20(19)25-17-12-13-21(24-15-17)26-22(27)16-8-7-9-18(14-16)28-4/h5-15,25H,1-4H3,(H,24,26,27). The van der Waals surface area contributed by atoms with E-state index in [1.165, 1.54) is 5.56 Å². The molecule has 0 radical (unpaired) electrons. The number of benzene rings is 2.